The lowest BCUT2D eigenvalue weighted by atomic mass is 9.86. The molecule has 1 aliphatic heterocycles. The number of halogens is 1. The highest BCUT2D eigenvalue weighted by Crippen LogP contribution is 2.33. The van der Waals surface area contributed by atoms with Gasteiger partial charge in [0.1, 0.15) is 5.82 Å². The fourth-order valence-corrected chi connectivity index (χ4v) is 6.51. The molecule has 1 saturated heterocycles. The molecule has 0 N–H and O–H groups in total. The van der Waals surface area contributed by atoms with Gasteiger partial charge in [-0.2, -0.15) is 4.31 Å². The third-order valence-electron chi connectivity index (χ3n) is 7.14. The van der Waals surface area contributed by atoms with Gasteiger partial charge in [-0.15, -0.1) is 0 Å². The first kappa shape index (κ1) is 23.4. The third kappa shape index (κ3) is 5.97. The van der Waals surface area contributed by atoms with Crippen LogP contribution in [0.1, 0.15) is 67.6 Å². The molecule has 174 valence electrons. The van der Waals surface area contributed by atoms with Crippen LogP contribution < -0.4 is 0 Å². The average Bonchev–Trinajstić information content (AvgIpc) is 2.80. The highest BCUT2D eigenvalue weighted by atomic mass is 32.2. The molecule has 0 radical (unpaired) electrons. The van der Waals surface area contributed by atoms with Crippen LogP contribution in [0.3, 0.4) is 0 Å². The maximum absolute atomic E-state index is 13.2. The second-order valence-corrected chi connectivity index (χ2v) is 11.4. The topological polar surface area (TPSA) is 40.6 Å². The van der Waals surface area contributed by atoms with Gasteiger partial charge in [0, 0.05) is 19.1 Å². The molecule has 6 heteroatoms. The van der Waals surface area contributed by atoms with E-state index >= 15 is 0 Å². The van der Waals surface area contributed by atoms with Gasteiger partial charge in [-0.3, -0.25) is 4.90 Å². The summed E-state index contributed by atoms with van der Waals surface area (Å²) in [5.74, 6) is 0.254. The van der Waals surface area contributed by atoms with Crippen LogP contribution in [0.15, 0.2) is 48.5 Å². The molecule has 0 aromatic heterocycles. The summed E-state index contributed by atoms with van der Waals surface area (Å²) >= 11 is 0. The molecule has 32 heavy (non-hydrogen) atoms. The van der Waals surface area contributed by atoms with Crippen LogP contribution in [0.4, 0.5) is 4.39 Å². The molecule has 0 spiro atoms. The Hall–Kier alpha value is -1.76. The van der Waals surface area contributed by atoms with Gasteiger partial charge in [-0.1, -0.05) is 55.7 Å². The quantitative estimate of drug-likeness (QED) is 0.565. The predicted octanol–water partition coefficient (Wildman–Crippen LogP) is 5.30. The number of likely N-dealkylation sites (tertiary alicyclic amines) is 1. The maximum atomic E-state index is 13.2. The standard InChI is InChI=1S/C26H35FN2O2S/c1-32(30,31)29(25-8-3-2-4-9-25)20-23-7-5-6-10-26(23)22-15-17-28(18-16-22)19-21-11-13-24(27)14-12-21/h5-7,10-14,22,25H,2-4,8-9,15-20H2,1H3. The molecule has 1 aliphatic carbocycles. The van der Waals surface area contributed by atoms with Crippen LogP contribution in [-0.2, 0) is 23.1 Å². The Labute approximate surface area is 192 Å². The highest BCUT2D eigenvalue weighted by Gasteiger charge is 2.30. The van der Waals surface area contributed by atoms with E-state index < -0.39 is 10.0 Å². The van der Waals surface area contributed by atoms with E-state index in [0.717, 1.165) is 69.3 Å². The van der Waals surface area contributed by atoms with E-state index in [1.54, 1.807) is 4.31 Å². The van der Waals surface area contributed by atoms with E-state index in [-0.39, 0.29) is 11.9 Å². The minimum Gasteiger partial charge on any atom is -0.299 e. The van der Waals surface area contributed by atoms with E-state index in [1.807, 2.05) is 18.2 Å². The first-order valence-electron chi connectivity index (χ1n) is 11.9. The number of sulfonamides is 1. The number of benzene rings is 2. The van der Waals surface area contributed by atoms with Gasteiger partial charge in [0.05, 0.1) is 6.26 Å². The van der Waals surface area contributed by atoms with Gasteiger partial charge in [0.15, 0.2) is 0 Å². The smallest absolute Gasteiger partial charge is 0.211 e. The molecule has 1 heterocycles. The summed E-state index contributed by atoms with van der Waals surface area (Å²) in [5.41, 5.74) is 3.60. The Balaban J connectivity index is 1.43. The molecule has 2 fully saturated rings. The summed E-state index contributed by atoms with van der Waals surface area (Å²) in [4.78, 5) is 2.43. The lowest BCUT2D eigenvalue weighted by molar-refractivity contribution is 0.203. The van der Waals surface area contributed by atoms with Crippen molar-refractivity contribution < 1.29 is 12.8 Å². The second kappa shape index (κ2) is 10.4. The van der Waals surface area contributed by atoms with Gasteiger partial charge < -0.3 is 0 Å². The summed E-state index contributed by atoms with van der Waals surface area (Å²) in [5, 5.41) is 0. The van der Waals surface area contributed by atoms with E-state index in [2.05, 4.69) is 23.1 Å². The number of hydrogen-bond acceptors (Lipinski definition) is 3. The number of piperidine rings is 1. The van der Waals surface area contributed by atoms with Crippen molar-refractivity contribution in [3.8, 4) is 0 Å². The number of hydrogen-bond donors (Lipinski definition) is 0. The highest BCUT2D eigenvalue weighted by molar-refractivity contribution is 7.88. The van der Waals surface area contributed by atoms with Gasteiger partial charge in [0.2, 0.25) is 10.0 Å². The lowest BCUT2D eigenvalue weighted by Gasteiger charge is -2.35. The molecular formula is C26H35FN2O2S. The minimum atomic E-state index is -3.26. The van der Waals surface area contributed by atoms with Crippen molar-refractivity contribution in [3.63, 3.8) is 0 Å². The average molecular weight is 459 g/mol. The molecule has 0 atom stereocenters. The van der Waals surface area contributed by atoms with Crippen LogP contribution in [0.2, 0.25) is 0 Å². The van der Waals surface area contributed by atoms with E-state index in [0.29, 0.717) is 12.5 Å². The first-order chi connectivity index (χ1) is 15.4. The molecule has 2 aromatic rings. The Morgan fingerprint density at radius 3 is 2.25 bits per heavy atom. The molecule has 1 saturated carbocycles. The molecule has 0 bridgehead atoms. The first-order valence-corrected chi connectivity index (χ1v) is 13.8. The van der Waals surface area contributed by atoms with Crippen LogP contribution in [0.5, 0.6) is 0 Å². The zero-order chi connectivity index (χ0) is 22.6. The van der Waals surface area contributed by atoms with Crippen molar-refractivity contribution in [2.75, 3.05) is 19.3 Å². The Kier molecular flexibility index (Phi) is 7.64. The fourth-order valence-electron chi connectivity index (χ4n) is 5.38. The molecule has 2 aliphatic rings. The summed E-state index contributed by atoms with van der Waals surface area (Å²) in [7, 11) is -3.26. The maximum Gasteiger partial charge on any atom is 0.211 e. The monoisotopic (exact) mass is 458 g/mol. The number of rotatable bonds is 7. The lowest BCUT2D eigenvalue weighted by Crippen LogP contribution is -2.40. The van der Waals surface area contributed by atoms with Crippen molar-refractivity contribution in [2.24, 2.45) is 0 Å². The van der Waals surface area contributed by atoms with Crippen molar-refractivity contribution in [1.29, 1.82) is 0 Å². The zero-order valence-electron chi connectivity index (χ0n) is 19.0. The largest absolute Gasteiger partial charge is 0.299 e. The van der Waals surface area contributed by atoms with Gasteiger partial charge in [-0.05, 0) is 73.5 Å². The normalized spacial score (nSPS) is 19.5. The van der Waals surface area contributed by atoms with Crippen molar-refractivity contribution in [2.45, 2.75) is 70.0 Å². The Bertz CT molecular complexity index is 979. The summed E-state index contributed by atoms with van der Waals surface area (Å²) in [6.45, 7) is 3.32. The SMILES string of the molecule is CS(=O)(=O)N(Cc1ccccc1C1CCN(Cc2ccc(F)cc2)CC1)C1CCCCC1. The molecular weight excluding hydrogens is 423 g/mol. The van der Waals surface area contributed by atoms with Gasteiger partial charge in [-0.25, -0.2) is 12.8 Å². The fraction of sp³-hybridized carbons (Fsp3) is 0.538. The van der Waals surface area contributed by atoms with Crippen molar-refractivity contribution in [3.05, 3.63) is 71.0 Å². The van der Waals surface area contributed by atoms with Crippen molar-refractivity contribution in [1.82, 2.24) is 9.21 Å². The number of nitrogens with zero attached hydrogens (tertiary/aromatic N) is 2. The zero-order valence-corrected chi connectivity index (χ0v) is 19.9. The van der Waals surface area contributed by atoms with Crippen LogP contribution >= 0.6 is 0 Å². The molecule has 4 rings (SSSR count). The van der Waals surface area contributed by atoms with E-state index in [9.17, 15) is 12.8 Å². The van der Waals surface area contributed by atoms with Crippen LogP contribution in [0, 0.1) is 5.82 Å². The van der Waals surface area contributed by atoms with E-state index in [1.165, 1.54) is 30.4 Å². The van der Waals surface area contributed by atoms with E-state index in [4.69, 9.17) is 0 Å². The molecule has 0 amide bonds. The van der Waals surface area contributed by atoms with Gasteiger partial charge >= 0.3 is 0 Å². The second-order valence-electron chi connectivity index (χ2n) is 9.48. The van der Waals surface area contributed by atoms with Gasteiger partial charge in [0.25, 0.3) is 0 Å². The molecule has 4 nitrogen and oxygen atoms in total. The third-order valence-corrected chi connectivity index (χ3v) is 8.42. The van der Waals surface area contributed by atoms with Crippen LogP contribution in [-0.4, -0.2) is 43.0 Å². The summed E-state index contributed by atoms with van der Waals surface area (Å²) in [6, 6.07) is 15.3. The Morgan fingerprint density at radius 2 is 1.59 bits per heavy atom. The summed E-state index contributed by atoms with van der Waals surface area (Å²) in [6.07, 6.45) is 8.85. The molecule has 0 unspecified atom stereocenters. The Morgan fingerprint density at radius 1 is 0.938 bits per heavy atom. The minimum absolute atomic E-state index is 0.129. The molecule has 2 aromatic carbocycles. The van der Waals surface area contributed by atoms with Crippen LogP contribution in [0.25, 0.3) is 0 Å². The summed E-state index contributed by atoms with van der Waals surface area (Å²) < 4.78 is 40.2. The predicted molar refractivity (Wildman–Crippen MR) is 127 cm³/mol. The van der Waals surface area contributed by atoms with Crippen molar-refractivity contribution >= 4 is 10.0 Å².